The third-order valence-corrected chi connectivity index (χ3v) is 5.49. The number of fused-ring (bicyclic) bond motifs is 1. The van der Waals surface area contributed by atoms with Gasteiger partial charge in [-0.3, -0.25) is 9.59 Å². The summed E-state index contributed by atoms with van der Waals surface area (Å²) < 4.78 is 1.03. The monoisotopic (exact) mass is 392 g/mol. The summed E-state index contributed by atoms with van der Waals surface area (Å²) in [6.45, 7) is 2.58. The van der Waals surface area contributed by atoms with Crippen LogP contribution in [-0.4, -0.2) is 34.1 Å². The van der Waals surface area contributed by atoms with Crippen LogP contribution in [0, 0.1) is 6.92 Å². The van der Waals surface area contributed by atoms with Crippen LogP contribution in [0.3, 0.4) is 0 Å². The van der Waals surface area contributed by atoms with Crippen molar-refractivity contribution in [1.29, 1.82) is 0 Å². The largest absolute Gasteiger partial charge is 0.302 e. The van der Waals surface area contributed by atoms with Crippen LogP contribution >= 0.6 is 11.3 Å². The zero-order valence-electron chi connectivity index (χ0n) is 15.5. The van der Waals surface area contributed by atoms with Crippen molar-refractivity contribution in [1.82, 2.24) is 9.99 Å². The average molecular weight is 392 g/mol. The Morgan fingerprint density at radius 3 is 2.79 bits per heavy atom. The number of amides is 2. The van der Waals surface area contributed by atoms with E-state index < -0.39 is 0 Å². The number of aryl methyl sites for hydroxylation is 1. The van der Waals surface area contributed by atoms with E-state index in [2.05, 4.69) is 15.4 Å². The van der Waals surface area contributed by atoms with Gasteiger partial charge in [0.25, 0.3) is 0 Å². The predicted octanol–water partition coefficient (Wildman–Crippen LogP) is 3.96. The number of nitrogens with zero attached hydrogens (tertiary/aromatic N) is 3. The molecule has 142 valence electrons. The number of hydrazone groups is 1. The number of hydrogen-bond donors (Lipinski definition) is 1. The highest BCUT2D eigenvalue weighted by atomic mass is 32.1. The Kier molecular flexibility index (Phi) is 5.16. The summed E-state index contributed by atoms with van der Waals surface area (Å²) >= 11 is 1.44. The first-order valence-electron chi connectivity index (χ1n) is 9.19. The summed E-state index contributed by atoms with van der Waals surface area (Å²) in [5, 5.41) is 9.24. The number of rotatable bonds is 5. The molecule has 0 bridgehead atoms. The Hall–Kier alpha value is -3.06. The molecular formula is C21H20N4O2S. The van der Waals surface area contributed by atoms with Crippen LogP contribution in [0.2, 0.25) is 0 Å². The van der Waals surface area contributed by atoms with E-state index in [0.717, 1.165) is 33.5 Å². The van der Waals surface area contributed by atoms with Crippen LogP contribution < -0.4 is 5.32 Å². The van der Waals surface area contributed by atoms with E-state index in [4.69, 9.17) is 0 Å². The van der Waals surface area contributed by atoms with Gasteiger partial charge in [-0.25, -0.2) is 9.99 Å². The lowest BCUT2D eigenvalue weighted by atomic mass is 10.1. The first-order chi connectivity index (χ1) is 13.6. The summed E-state index contributed by atoms with van der Waals surface area (Å²) in [6.07, 6.45) is 0.967. The van der Waals surface area contributed by atoms with Crippen LogP contribution in [0.4, 0.5) is 5.13 Å². The summed E-state index contributed by atoms with van der Waals surface area (Å²) in [5.41, 5.74) is 3.95. The smallest absolute Gasteiger partial charge is 0.243 e. The quantitative estimate of drug-likeness (QED) is 0.714. The van der Waals surface area contributed by atoms with Crippen molar-refractivity contribution in [2.75, 3.05) is 11.9 Å². The zero-order chi connectivity index (χ0) is 19.5. The number of benzene rings is 2. The van der Waals surface area contributed by atoms with E-state index >= 15 is 0 Å². The maximum Gasteiger partial charge on any atom is 0.243 e. The number of carbonyl (C=O) groups excluding carboxylic acids is 2. The standard InChI is InChI=1S/C21H20N4O2S/c1-14-7-8-17-18(13-14)28-21(22-17)23-19(26)9-10-20(27)25-12-11-16(24-25)15-5-3-2-4-6-15/h2-8,13H,9-12H2,1H3,(H,22,23,26). The van der Waals surface area contributed by atoms with Crippen LogP contribution in [0.25, 0.3) is 10.2 Å². The van der Waals surface area contributed by atoms with Crippen molar-refractivity contribution < 1.29 is 9.59 Å². The van der Waals surface area contributed by atoms with Crippen LogP contribution in [0.5, 0.6) is 0 Å². The van der Waals surface area contributed by atoms with Gasteiger partial charge in [-0.1, -0.05) is 47.7 Å². The fourth-order valence-electron chi connectivity index (χ4n) is 3.09. The lowest BCUT2D eigenvalue weighted by Crippen LogP contribution is -2.24. The van der Waals surface area contributed by atoms with Crippen molar-refractivity contribution in [2.45, 2.75) is 26.2 Å². The topological polar surface area (TPSA) is 74.7 Å². The highest BCUT2D eigenvalue weighted by molar-refractivity contribution is 7.22. The van der Waals surface area contributed by atoms with E-state index in [1.54, 1.807) is 0 Å². The molecule has 1 aliphatic heterocycles. The number of hydrogen-bond acceptors (Lipinski definition) is 5. The molecule has 3 aromatic rings. The Labute approximate surface area is 166 Å². The summed E-state index contributed by atoms with van der Waals surface area (Å²) in [4.78, 5) is 29.0. The summed E-state index contributed by atoms with van der Waals surface area (Å²) in [6, 6.07) is 15.8. The third-order valence-electron chi connectivity index (χ3n) is 4.55. The maximum atomic E-state index is 12.4. The molecule has 0 radical (unpaired) electrons. The lowest BCUT2D eigenvalue weighted by Gasteiger charge is -2.10. The van der Waals surface area contributed by atoms with Gasteiger partial charge in [0.05, 0.1) is 22.5 Å². The fourth-order valence-corrected chi connectivity index (χ4v) is 4.07. The van der Waals surface area contributed by atoms with Crippen molar-refractivity contribution >= 4 is 44.2 Å². The lowest BCUT2D eigenvalue weighted by molar-refractivity contribution is -0.132. The van der Waals surface area contributed by atoms with Gasteiger partial charge in [0.1, 0.15) is 0 Å². The minimum atomic E-state index is -0.212. The highest BCUT2D eigenvalue weighted by Gasteiger charge is 2.22. The zero-order valence-corrected chi connectivity index (χ0v) is 16.3. The first-order valence-corrected chi connectivity index (χ1v) is 10.0. The minimum absolute atomic E-state index is 0.112. The second-order valence-electron chi connectivity index (χ2n) is 6.72. The number of anilines is 1. The molecule has 0 aliphatic carbocycles. The molecule has 1 N–H and O–H groups in total. The molecule has 2 amide bonds. The normalized spacial score (nSPS) is 13.6. The number of aromatic nitrogens is 1. The molecule has 0 spiro atoms. The van der Waals surface area contributed by atoms with Gasteiger partial charge in [0, 0.05) is 19.3 Å². The molecule has 28 heavy (non-hydrogen) atoms. The molecule has 1 aliphatic rings. The molecule has 2 heterocycles. The van der Waals surface area contributed by atoms with Gasteiger partial charge in [0.2, 0.25) is 11.8 Å². The van der Waals surface area contributed by atoms with Gasteiger partial charge < -0.3 is 5.32 Å². The van der Waals surface area contributed by atoms with E-state index in [0.29, 0.717) is 11.7 Å². The van der Waals surface area contributed by atoms with E-state index in [1.165, 1.54) is 16.3 Å². The predicted molar refractivity (Wildman–Crippen MR) is 112 cm³/mol. The maximum absolute atomic E-state index is 12.4. The second-order valence-corrected chi connectivity index (χ2v) is 7.75. The molecule has 6 nitrogen and oxygen atoms in total. The SMILES string of the molecule is Cc1ccc2nc(NC(=O)CCC(=O)N3CCC(c4ccccc4)=N3)sc2c1. The number of thiazole rings is 1. The Morgan fingerprint density at radius 1 is 1.14 bits per heavy atom. The third kappa shape index (κ3) is 4.09. The molecule has 0 unspecified atom stereocenters. The van der Waals surface area contributed by atoms with Crippen LogP contribution in [0.1, 0.15) is 30.4 Å². The van der Waals surface area contributed by atoms with E-state index in [9.17, 15) is 9.59 Å². The molecule has 0 atom stereocenters. The Bertz CT molecular complexity index is 1060. The molecule has 4 rings (SSSR count). The Balaban J connectivity index is 1.32. The summed E-state index contributed by atoms with van der Waals surface area (Å²) in [7, 11) is 0. The van der Waals surface area contributed by atoms with Crippen molar-refractivity contribution in [3.8, 4) is 0 Å². The second kappa shape index (κ2) is 7.90. The molecular weight excluding hydrogens is 372 g/mol. The van der Waals surface area contributed by atoms with Crippen molar-refractivity contribution in [2.24, 2.45) is 5.10 Å². The van der Waals surface area contributed by atoms with Crippen molar-refractivity contribution in [3.05, 3.63) is 59.7 Å². The molecule has 2 aromatic carbocycles. The van der Waals surface area contributed by atoms with Crippen LogP contribution in [0.15, 0.2) is 53.6 Å². The number of nitrogens with one attached hydrogen (secondary N) is 1. The first kappa shape index (κ1) is 18.3. The van der Waals surface area contributed by atoms with Gasteiger partial charge in [-0.15, -0.1) is 0 Å². The van der Waals surface area contributed by atoms with E-state index in [-0.39, 0.29) is 24.7 Å². The van der Waals surface area contributed by atoms with Crippen molar-refractivity contribution in [3.63, 3.8) is 0 Å². The molecule has 1 aromatic heterocycles. The average Bonchev–Trinajstić information content (AvgIpc) is 3.33. The van der Waals surface area contributed by atoms with Crippen LogP contribution in [-0.2, 0) is 9.59 Å². The Morgan fingerprint density at radius 2 is 1.96 bits per heavy atom. The van der Waals surface area contributed by atoms with Gasteiger partial charge in [-0.2, -0.15) is 5.10 Å². The van der Waals surface area contributed by atoms with Gasteiger partial charge in [0.15, 0.2) is 5.13 Å². The highest BCUT2D eigenvalue weighted by Crippen LogP contribution is 2.26. The summed E-state index contributed by atoms with van der Waals surface area (Å²) in [5.74, 6) is -0.350. The molecule has 7 heteroatoms. The molecule has 0 saturated heterocycles. The fraction of sp³-hybridized carbons (Fsp3) is 0.238. The van der Waals surface area contributed by atoms with Gasteiger partial charge in [-0.05, 0) is 30.2 Å². The molecule has 0 fully saturated rings. The number of carbonyl (C=O) groups is 2. The van der Waals surface area contributed by atoms with E-state index in [1.807, 2.05) is 55.5 Å². The molecule has 0 saturated carbocycles. The minimum Gasteiger partial charge on any atom is -0.302 e. The van der Waals surface area contributed by atoms with Gasteiger partial charge >= 0.3 is 0 Å².